The zero-order chi connectivity index (χ0) is 22.4. The molecule has 160 valence electrons. The second kappa shape index (κ2) is 10.2. The van der Waals surface area contributed by atoms with Crippen LogP contribution in [0.2, 0.25) is 0 Å². The van der Waals surface area contributed by atoms with Crippen molar-refractivity contribution < 1.29 is 28.3 Å². The summed E-state index contributed by atoms with van der Waals surface area (Å²) >= 11 is 4.41. The third kappa shape index (κ3) is 5.70. The van der Waals surface area contributed by atoms with Crippen LogP contribution in [-0.2, 0) is 14.3 Å². The molecule has 0 aliphatic heterocycles. The van der Waals surface area contributed by atoms with Crippen LogP contribution < -0.4 is 5.32 Å². The molecular formula is C20H16BrN3O6S. The second-order valence-corrected chi connectivity index (χ2v) is 7.81. The van der Waals surface area contributed by atoms with Crippen LogP contribution in [-0.4, -0.2) is 48.0 Å². The first-order valence-electron chi connectivity index (χ1n) is 8.74. The quantitative estimate of drug-likeness (QED) is 0.377. The first-order valence-corrected chi connectivity index (χ1v) is 10.5. The topological polar surface area (TPSA) is 121 Å². The maximum atomic E-state index is 12.4. The highest BCUT2D eigenvalue weighted by atomic mass is 79.9. The SMILES string of the molecule is COC(=O)c1ccc(C(=O)OC)c(NC(=O)CSc2nnc(-c3cccc(Br)c3)o2)c1. The standard InChI is InChI=1S/C20H16BrN3O6S/c1-28-18(26)12-6-7-14(19(27)29-2)15(9-12)22-16(25)10-31-20-24-23-17(30-20)11-4-3-5-13(21)8-11/h3-9H,10H2,1-2H3,(H,22,25). The van der Waals surface area contributed by atoms with Gasteiger partial charge in [0.2, 0.25) is 11.8 Å². The monoisotopic (exact) mass is 505 g/mol. The zero-order valence-corrected chi connectivity index (χ0v) is 18.8. The van der Waals surface area contributed by atoms with E-state index in [9.17, 15) is 14.4 Å². The lowest BCUT2D eigenvalue weighted by Gasteiger charge is -2.11. The van der Waals surface area contributed by atoms with Crippen molar-refractivity contribution in [3.05, 3.63) is 58.1 Å². The number of aromatic nitrogens is 2. The lowest BCUT2D eigenvalue weighted by atomic mass is 10.1. The van der Waals surface area contributed by atoms with E-state index in [0.29, 0.717) is 5.89 Å². The third-order valence-corrected chi connectivity index (χ3v) is 5.24. The number of carbonyl (C=O) groups excluding carboxylic acids is 3. The summed E-state index contributed by atoms with van der Waals surface area (Å²) in [7, 11) is 2.45. The van der Waals surface area contributed by atoms with Crippen molar-refractivity contribution in [1.29, 1.82) is 0 Å². The molecule has 0 aliphatic carbocycles. The van der Waals surface area contributed by atoms with E-state index in [2.05, 4.69) is 36.2 Å². The predicted octanol–water partition coefficient (Wildman–Crippen LogP) is 3.80. The summed E-state index contributed by atoms with van der Waals surface area (Å²) in [5.74, 6) is -1.45. The molecule has 0 fully saturated rings. The molecule has 1 N–H and O–H groups in total. The lowest BCUT2D eigenvalue weighted by molar-refractivity contribution is -0.113. The number of carbonyl (C=O) groups is 3. The van der Waals surface area contributed by atoms with Crippen molar-refractivity contribution in [2.45, 2.75) is 5.22 Å². The summed E-state index contributed by atoms with van der Waals surface area (Å²) in [4.78, 5) is 36.2. The molecule has 31 heavy (non-hydrogen) atoms. The number of hydrogen-bond acceptors (Lipinski definition) is 9. The van der Waals surface area contributed by atoms with E-state index in [0.717, 1.165) is 21.8 Å². The second-order valence-electron chi connectivity index (χ2n) is 5.96. The Balaban J connectivity index is 1.69. The Bertz CT molecular complexity index is 1130. The molecule has 0 saturated heterocycles. The van der Waals surface area contributed by atoms with E-state index in [4.69, 9.17) is 9.15 Å². The average Bonchev–Trinajstić information content (AvgIpc) is 3.26. The predicted molar refractivity (Wildman–Crippen MR) is 116 cm³/mol. The number of anilines is 1. The van der Waals surface area contributed by atoms with Crippen LogP contribution in [0.5, 0.6) is 0 Å². The molecule has 11 heteroatoms. The van der Waals surface area contributed by atoms with Crippen molar-refractivity contribution in [2.24, 2.45) is 0 Å². The number of methoxy groups -OCH3 is 2. The summed E-state index contributed by atoms with van der Waals surface area (Å²) in [5, 5.41) is 10.7. The Kier molecular flexibility index (Phi) is 7.42. The summed E-state index contributed by atoms with van der Waals surface area (Å²) in [5.41, 5.74) is 1.14. The van der Waals surface area contributed by atoms with Gasteiger partial charge in [-0.05, 0) is 36.4 Å². The molecule has 1 amide bonds. The van der Waals surface area contributed by atoms with E-state index < -0.39 is 17.8 Å². The number of ether oxygens (including phenoxy) is 2. The number of benzene rings is 2. The van der Waals surface area contributed by atoms with Gasteiger partial charge in [0.15, 0.2) is 0 Å². The molecule has 0 unspecified atom stereocenters. The highest BCUT2D eigenvalue weighted by Crippen LogP contribution is 2.26. The van der Waals surface area contributed by atoms with E-state index in [1.54, 1.807) is 0 Å². The molecule has 0 radical (unpaired) electrons. The Hall–Kier alpha value is -3.18. The molecule has 0 saturated carbocycles. The molecule has 2 aromatic carbocycles. The highest BCUT2D eigenvalue weighted by molar-refractivity contribution is 9.10. The average molecular weight is 506 g/mol. The van der Waals surface area contributed by atoms with E-state index in [1.165, 1.54) is 32.4 Å². The first-order chi connectivity index (χ1) is 14.9. The summed E-state index contributed by atoms with van der Waals surface area (Å²) < 4.78 is 15.8. The number of halogens is 1. The molecule has 3 aromatic rings. The fourth-order valence-electron chi connectivity index (χ4n) is 2.50. The van der Waals surface area contributed by atoms with E-state index >= 15 is 0 Å². The molecule has 0 spiro atoms. The van der Waals surface area contributed by atoms with Gasteiger partial charge < -0.3 is 19.2 Å². The van der Waals surface area contributed by atoms with Gasteiger partial charge in [0.1, 0.15) is 0 Å². The Morgan fingerprint density at radius 1 is 1.06 bits per heavy atom. The molecular weight excluding hydrogens is 490 g/mol. The first kappa shape index (κ1) is 22.5. The maximum Gasteiger partial charge on any atom is 0.339 e. The third-order valence-electron chi connectivity index (χ3n) is 3.92. The van der Waals surface area contributed by atoms with Gasteiger partial charge in [0, 0.05) is 10.0 Å². The van der Waals surface area contributed by atoms with E-state index in [-0.39, 0.29) is 27.8 Å². The normalized spacial score (nSPS) is 10.4. The number of nitrogens with zero attached hydrogens (tertiary/aromatic N) is 2. The van der Waals surface area contributed by atoms with Gasteiger partial charge in [0.05, 0.1) is 36.8 Å². The van der Waals surface area contributed by atoms with Crippen LogP contribution in [0.15, 0.2) is 56.6 Å². The summed E-state index contributed by atoms with van der Waals surface area (Å²) in [6.07, 6.45) is 0. The minimum atomic E-state index is -0.657. The van der Waals surface area contributed by atoms with Gasteiger partial charge in [-0.25, -0.2) is 9.59 Å². The fourth-order valence-corrected chi connectivity index (χ4v) is 3.46. The molecule has 9 nitrogen and oxygen atoms in total. The van der Waals surface area contributed by atoms with Gasteiger partial charge in [-0.2, -0.15) is 0 Å². The molecule has 0 aliphatic rings. The van der Waals surface area contributed by atoms with Crippen molar-refractivity contribution in [3.63, 3.8) is 0 Å². The number of esters is 2. The zero-order valence-electron chi connectivity index (χ0n) is 16.4. The molecule has 1 heterocycles. The number of thioether (sulfide) groups is 1. The van der Waals surface area contributed by atoms with Crippen molar-refractivity contribution in [1.82, 2.24) is 10.2 Å². The number of rotatable bonds is 7. The van der Waals surface area contributed by atoms with Gasteiger partial charge in [-0.1, -0.05) is 33.8 Å². The maximum absolute atomic E-state index is 12.4. The van der Waals surface area contributed by atoms with Crippen LogP contribution in [0.25, 0.3) is 11.5 Å². The number of nitrogens with one attached hydrogen (secondary N) is 1. The Labute approximate surface area is 189 Å². The Morgan fingerprint density at radius 3 is 2.55 bits per heavy atom. The minimum Gasteiger partial charge on any atom is -0.465 e. The number of amides is 1. The van der Waals surface area contributed by atoms with E-state index in [1.807, 2.05) is 24.3 Å². The summed E-state index contributed by atoms with van der Waals surface area (Å²) in [6.45, 7) is 0. The van der Waals surface area contributed by atoms with Crippen LogP contribution in [0.1, 0.15) is 20.7 Å². The van der Waals surface area contributed by atoms with Gasteiger partial charge in [0.25, 0.3) is 5.22 Å². The molecule has 3 rings (SSSR count). The van der Waals surface area contributed by atoms with Crippen LogP contribution >= 0.6 is 27.7 Å². The largest absolute Gasteiger partial charge is 0.465 e. The van der Waals surface area contributed by atoms with Crippen molar-refractivity contribution >= 4 is 51.2 Å². The van der Waals surface area contributed by atoms with Gasteiger partial charge in [-0.3, -0.25) is 4.79 Å². The highest BCUT2D eigenvalue weighted by Gasteiger charge is 2.18. The smallest absolute Gasteiger partial charge is 0.339 e. The van der Waals surface area contributed by atoms with Crippen LogP contribution in [0.3, 0.4) is 0 Å². The lowest BCUT2D eigenvalue weighted by Crippen LogP contribution is -2.18. The molecule has 1 aromatic heterocycles. The fraction of sp³-hybridized carbons (Fsp3) is 0.150. The van der Waals surface area contributed by atoms with Gasteiger partial charge >= 0.3 is 11.9 Å². The van der Waals surface area contributed by atoms with Crippen LogP contribution in [0.4, 0.5) is 5.69 Å². The molecule has 0 bridgehead atoms. The number of hydrogen-bond donors (Lipinski definition) is 1. The summed E-state index contributed by atoms with van der Waals surface area (Å²) in [6, 6.07) is 11.5. The van der Waals surface area contributed by atoms with Crippen molar-refractivity contribution in [2.75, 3.05) is 25.3 Å². The molecule has 0 atom stereocenters. The minimum absolute atomic E-state index is 0.0663. The van der Waals surface area contributed by atoms with Crippen molar-refractivity contribution in [3.8, 4) is 11.5 Å². The Morgan fingerprint density at radius 2 is 1.84 bits per heavy atom. The van der Waals surface area contributed by atoms with Gasteiger partial charge in [-0.15, -0.1) is 10.2 Å². The van der Waals surface area contributed by atoms with Crippen LogP contribution in [0, 0.1) is 0 Å².